The van der Waals surface area contributed by atoms with E-state index in [1.54, 1.807) is 7.05 Å². The Morgan fingerprint density at radius 2 is 2.40 bits per heavy atom. The summed E-state index contributed by atoms with van der Waals surface area (Å²) in [5.41, 5.74) is -0.653. The molecular weight excluding hydrogens is 282 g/mol. The van der Waals surface area contributed by atoms with Gasteiger partial charge in [0.1, 0.15) is 17.4 Å². The van der Waals surface area contributed by atoms with Gasteiger partial charge in [-0.15, -0.1) is 0 Å². The number of hydrogen-bond acceptors (Lipinski definition) is 5. The molecule has 1 aliphatic carbocycles. The third-order valence-corrected chi connectivity index (χ3v) is 3.89. The molecule has 0 heterocycles. The zero-order chi connectivity index (χ0) is 14.8. The van der Waals surface area contributed by atoms with E-state index in [1.807, 2.05) is 0 Å². The van der Waals surface area contributed by atoms with Gasteiger partial charge < -0.3 is 10.1 Å². The van der Waals surface area contributed by atoms with E-state index in [4.69, 9.17) is 16.3 Å². The van der Waals surface area contributed by atoms with Crippen molar-refractivity contribution < 1.29 is 9.66 Å². The summed E-state index contributed by atoms with van der Waals surface area (Å²) < 4.78 is 5.73. The van der Waals surface area contributed by atoms with Crippen LogP contribution in [0.3, 0.4) is 0 Å². The molecule has 20 heavy (non-hydrogen) atoms. The van der Waals surface area contributed by atoms with Crippen LogP contribution in [0.2, 0.25) is 5.02 Å². The molecule has 6 nitrogen and oxygen atoms in total. The van der Waals surface area contributed by atoms with Crippen molar-refractivity contribution in [1.82, 2.24) is 5.32 Å². The average molecular weight is 296 g/mol. The molecule has 2 atom stereocenters. The smallest absolute Gasteiger partial charge is 0.273 e. The van der Waals surface area contributed by atoms with Gasteiger partial charge in [0.25, 0.3) is 5.69 Å². The van der Waals surface area contributed by atoms with Crippen molar-refractivity contribution in [2.24, 2.45) is 0 Å². The molecule has 0 spiro atoms. The second-order valence-electron chi connectivity index (χ2n) is 4.80. The van der Waals surface area contributed by atoms with E-state index in [0.29, 0.717) is 24.3 Å². The van der Waals surface area contributed by atoms with E-state index in [2.05, 4.69) is 11.4 Å². The number of ether oxygens (including phenoxy) is 1. The van der Waals surface area contributed by atoms with Crippen molar-refractivity contribution in [2.45, 2.75) is 30.9 Å². The van der Waals surface area contributed by atoms with Crippen LogP contribution in [0.5, 0.6) is 5.75 Å². The van der Waals surface area contributed by atoms with E-state index < -0.39 is 10.5 Å². The first-order valence-corrected chi connectivity index (χ1v) is 6.58. The Morgan fingerprint density at radius 3 is 2.95 bits per heavy atom. The number of nitrogens with one attached hydrogen (secondary N) is 1. The van der Waals surface area contributed by atoms with Gasteiger partial charge in [0, 0.05) is 12.5 Å². The Kier molecular flexibility index (Phi) is 4.12. The van der Waals surface area contributed by atoms with Crippen molar-refractivity contribution in [2.75, 3.05) is 7.05 Å². The molecule has 1 aromatic carbocycles. The summed E-state index contributed by atoms with van der Waals surface area (Å²) in [5, 5.41) is 23.3. The second-order valence-corrected chi connectivity index (χ2v) is 5.21. The van der Waals surface area contributed by atoms with Crippen LogP contribution in [-0.4, -0.2) is 23.6 Å². The predicted octanol–water partition coefficient (Wildman–Crippen LogP) is 2.66. The van der Waals surface area contributed by atoms with Crippen LogP contribution in [0.15, 0.2) is 18.2 Å². The summed E-state index contributed by atoms with van der Waals surface area (Å²) in [6.07, 6.45) is 1.73. The number of nitro groups is 1. The Morgan fingerprint density at radius 1 is 1.65 bits per heavy atom. The molecule has 1 aromatic rings. The number of non-ortho nitro benzene ring substituents is 1. The number of nitro benzene ring substituents is 1. The van der Waals surface area contributed by atoms with Gasteiger partial charge in [0.05, 0.1) is 22.1 Å². The van der Waals surface area contributed by atoms with E-state index in [9.17, 15) is 15.4 Å². The van der Waals surface area contributed by atoms with Crippen LogP contribution >= 0.6 is 11.6 Å². The molecule has 2 unspecified atom stereocenters. The van der Waals surface area contributed by atoms with Crippen molar-refractivity contribution >= 4 is 17.3 Å². The van der Waals surface area contributed by atoms with Crippen LogP contribution < -0.4 is 10.1 Å². The quantitative estimate of drug-likeness (QED) is 0.681. The normalized spacial score (nSPS) is 25.1. The van der Waals surface area contributed by atoms with Crippen LogP contribution in [0.4, 0.5) is 5.69 Å². The van der Waals surface area contributed by atoms with E-state index in [0.717, 1.165) is 0 Å². The minimum absolute atomic E-state index is 0.0671. The molecule has 0 aliphatic heterocycles. The number of nitriles is 1. The summed E-state index contributed by atoms with van der Waals surface area (Å²) in [6.45, 7) is 0. The third kappa shape index (κ3) is 2.84. The van der Waals surface area contributed by atoms with Crippen molar-refractivity contribution in [3.8, 4) is 11.8 Å². The summed E-state index contributed by atoms with van der Waals surface area (Å²) >= 11 is 5.99. The molecule has 0 amide bonds. The highest BCUT2D eigenvalue weighted by molar-refractivity contribution is 6.32. The largest absolute Gasteiger partial charge is 0.488 e. The zero-order valence-electron chi connectivity index (χ0n) is 10.9. The SMILES string of the molecule is CNC1(C#N)CCC(Oc2cc([N+](=O)[O-])ccc2Cl)C1. The molecule has 0 aromatic heterocycles. The molecule has 1 N–H and O–H groups in total. The lowest BCUT2D eigenvalue weighted by atomic mass is 10.0. The first-order chi connectivity index (χ1) is 9.49. The number of rotatable bonds is 4. The van der Waals surface area contributed by atoms with E-state index in [1.165, 1.54) is 18.2 Å². The zero-order valence-corrected chi connectivity index (χ0v) is 11.7. The lowest BCUT2D eigenvalue weighted by Crippen LogP contribution is -2.39. The summed E-state index contributed by atoms with van der Waals surface area (Å²) in [4.78, 5) is 10.3. The minimum atomic E-state index is -0.585. The molecule has 2 rings (SSSR count). The number of benzene rings is 1. The van der Waals surface area contributed by atoms with E-state index in [-0.39, 0.29) is 17.5 Å². The first kappa shape index (κ1) is 14.6. The molecule has 0 bridgehead atoms. The molecule has 106 valence electrons. The van der Waals surface area contributed by atoms with Crippen molar-refractivity contribution in [3.05, 3.63) is 33.3 Å². The second kappa shape index (κ2) is 5.65. The summed E-state index contributed by atoms with van der Waals surface area (Å²) in [6, 6.07) is 6.34. The molecule has 7 heteroatoms. The van der Waals surface area contributed by atoms with Crippen molar-refractivity contribution in [3.63, 3.8) is 0 Å². The Bertz CT molecular complexity index is 572. The Hall–Kier alpha value is -1.84. The number of halogens is 1. The highest BCUT2D eigenvalue weighted by Crippen LogP contribution is 2.35. The highest BCUT2D eigenvalue weighted by atomic mass is 35.5. The first-order valence-electron chi connectivity index (χ1n) is 6.20. The molecular formula is C13H14ClN3O3. The highest BCUT2D eigenvalue weighted by Gasteiger charge is 2.39. The standard InChI is InChI=1S/C13H14ClN3O3/c1-16-13(8-15)5-4-10(7-13)20-12-6-9(17(18)19)2-3-11(12)14/h2-3,6,10,16H,4-5,7H2,1H3. The van der Waals surface area contributed by atoms with Gasteiger partial charge in [-0.2, -0.15) is 5.26 Å². The van der Waals surface area contributed by atoms with Gasteiger partial charge in [-0.05, 0) is 26.0 Å². The number of nitrogens with zero attached hydrogens (tertiary/aromatic N) is 2. The van der Waals surface area contributed by atoms with Gasteiger partial charge in [0.2, 0.25) is 0 Å². The molecule has 1 fully saturated rings. The van der Waals surface area contributed by atoms with Crippen LogP contribution in [0.25, 0.3) is 0 Å². The Labute approximate surface area is 121 Å². The maximum Gasteiger partial charge on any atom is 0.273 e. The predicted molar refractivity (Wildman–Crippen MR) is 73.8 cm³/mol. The van der Waals surface area contributed by atoms with Crippen LogP contribution in [-0.2, 0) is 0 Å². The monoisotopic (exact) mass is 295 g/mol. The lowest BCUT2D eigenvalue weighted by molar-refractivity contribution is -0.384. The molecule has 1 saturated carbocycles. The average Bonchev–Trinajstić information content (AvgIpc) is 2.85. The lowest BCUT2D eigenvalue weighted by Gasteiger charge is -2.20. The number of hydrogen-bond donors (Lipinski definition) is 1. The van der Waals surface area contributed by atoms with Gasteiger partial charge in [-0.25, -0.2) is 0 Å². The molecule has 0 saturated heterocycles. The van der Waals surface area contributed by atoms with Gasteiger partial charge in [0.15, 0.2) is 0 Å². The van der Waals surface area contributed by atoms with Gasteiger partial charge >= 0.3 is 0 Å². The summed E-state index contributed by atoms with van der Waals surface area (Å²) in [7, 11) is 1.74. The van der Waals surface area contributed by atoms with E-state index >= 15 is 0 Å². The van der Waals surface area contributed by atoms with Crippen molar-refractivity contribution in [1.29, 1.82) is 5.26 Å². The fraction of sp³-hybridized carbons (Fsp3) is 0.462. The van der Waals surface area contributed by atoms with Gasteiger partial charge in [-0.1, -0.05) is 11.6 Å². The molecule has 1 aliphatic rings. The van der Waals surface area contributed by atoms with Gasteiger partial charge in [-0.3, -0.25) is 10.1 Å². The molecule has 0 radical (unpaired) electrons. The third-order valence-electron chi connectivity index (χ3n) is 3.58. The maximum absolute atomic E-state index is 10.8. The fourth-order valence-corrected chi connectivity index (χ4v) is 2.52. The summed E-state index contributed by atoms with van der Waals surface area (Å²) in [5.74, 6) is 0.288. The topological polar surface area (TPSA) is 88.2 Å². The Balaban J connectivity index is 2.14. The fourth-order valence-electron chi connectivity index (χ4n) is 2.36. The van der Waals surface area contributed by atoms with Crippen LogP contribution in [0.1, 0.15) is 19.3 Å². The van der Waals surface area contributed by atoms with Crippen LogP contribution in [0, 0.1) is 21.4 Å². The minimum Gasteiger partial charge on any atom is -0.488 e. The maximum atomic E-state index is 10.8.